The molecule has 2 amide bonds. The minimum absolute atomic E-state index is 0.0336. The number of amides is 2. The van der Waals surface area contributed by atoms with E-state index in [0.29, 0.717) is 30.3 Å². The van der Waals surface area contributed by atoms with Crippen LogP contribution in [0.2, 0.25) is 0 Å². The second-order valence-corrected chi connectivity index (χ2v) is 6.71. The van der Waals surface area contributed by atoms with Crippen molar-refractivity contribution in [1.82, 2.24) is 0 Å². The highest BCUT2D eigenvalue weighted by molar-refractivity contribution is 6.03. The van der Waals surface area contributed by atoms with Gasteiger partial charge in [-0.1, -0.05) is 19.1 Å². The van der Waals surface area contributed by atoms with E-state index < -0.39 is 5.92 Å². The second kappa shape index (κ2) is 8.78. The molecule has 0 aromatic heterocycles. The summed E-state index contributed by atoms with van der Waals surface area (Å²) in [6.07, 6.45) is 1.15. The summed E-state index contributed by atoms with van der Waals surface area (Å²) in [5.41, 5.74) is 2.66. The maximum Gasteiger partial charge on any atom is 0.229 e. The first-order chi connectivity index (χ1) is 13.5. The van der Waals surface area contributed by atoms with Gasteiger partial charge in [-0.15, -0.1) is 0 Å². The molecular weight excluding hydrogens is 356 g/mol. The minimum atomic E-state index is -0.393. The average molecular weight is 382 g/mol. The van der Waals surface area contributed by atoms with Gasteiger partial charge in [0.25, 0.3) is 0 Å². The predicted molar refractivity (Wildman–Crippen MR) is 109 cm³/mol. The SMILES string of the molecule is CCOc1ccc(NC(=O)[C@@H]2CC(=O)N(c3ccc(CC)cc3)C2)cc1OC. The first kappa shape index (κ1) is 19.7. The van der Waals surface area contributed by atoms with E-state index in [-0.39, 0.29) is 18.2 Å². The molecule has 6 nitrogen and oxygen atoms in total. The number of carbonyl (C=O) groups excluding carboxylic acids is 2. The summed E-state index contributed by atoms with van der Waals surface area (Å²) in [6, 6.07) is 13.2. The van der Waals surface area contributed by atoms with Gasteiger partial charge in [0, 0.05) is 30.4 Å². The molecule has 1 heterocycles. The highest BCUT2D eigenvalue weighted by Gasteiger charge is 2.35. The van der Waals surface area contributed by atoms with Crippen LogP contribution in [0.4, 0.5) is 11.4 Å². The largest absolute Gasteiger partial charge is 0.493 e. The van der Waals surface area contributed by atoms with Gasteiger partial charge < -0.3 is 19.7 Å². The zero-order valence-electron chi connectivity index (χ0n) is 16.5. The van der Waals surface area contributed by atoms with Crippen molar-refractivity contribution >= 4 is 23.2 Å². The van der Waals surface area contributed by atoms with E-state index >= 15 is 0 Å². The standard InChI is InChI=1S/C22H26N2O4/c1-4-15-6-9-18(10-7-15)24-14-16(12-21(24)25)22(26)23-17-8-11-19(28-5-2)20(13-17)27-3/h6-11,13,16H,4-5,12,14H2,1-3H3,(H,23,26)/t16-/m1/s1. The van der Waals surface area contributed by atoms with E-state index in [0.717, 1.165) is 12.1 Å². The number of carbonyl (C=O) groups is 2. The molecule has 28 heavy (non-hydrogen) atoms. The molecule has 0 aliphatic carbocycles. The van der Waals surface area contributed by atoms with Crippen molar-refractivity contribution in [3.05, 3.63) is 48.0 Å². The molecular formula is C22H26N2O4. The third kappa shape index (κ3) is 4.27. The van der Waals surface area contributed by atoms with E-state index in [1.54, 1.807) is 30.2 Å². The number of nitrogens with zero attached hydrogens (tertiary/aromatic N) is 1. The maximum atomic E-state index is 12.7. The zero-order chi connectivity index (χ0) is 20.1. The summed E-state index contributed by atoms with van der Waals surface area (Å²) < 4.78 is 10.8. The molecule has 1 saturated heterocycles. The molecule has 1 N–H and O–H groups in total. The highest BCUT2D eigenvalue weighted by Crippen LogP contribution is 2.31. The Morgan fingerprint density at radius 1 is 1.14 bits per heavy atom. The smallest absolute Gasteiger partial charge is 0.229 e. The van der Waals surface area contributed by atoms with Crippen LogP contribution in [0.1, 0.15) is 25.8 Å². The summed E-state index contributed by atoms with van der Waals surface area (Å²) >= 11 is 0. The predicted octanol–water partition coefficient (Wildman–Crippen LogP) is 3.65. The number of hydrogen-bond donors (Lipinski definition) is 1. The van der Waals surface area contributed by atoms with E-state index in [1.165, 1.54) is 5.56 Å². The topological polar surface area (TPSA) is 67.9 Å². The molecule has 2 aromatic rings. The van der Waals surface area contributed by atoms with Crippen molar-refractivity contribution in [2.75, 3.05) is 30.5 Å². The van der Waals surface area contributed by atoms with Gasteiger partial charge in [-0.25, -0.2) is 0 Å². The third-order valence-electron chi connectivity index (χ3n) is 4.88. The van der Waals surface area contributed by atoms with Crippen LogP contribution < -0.4 is 19.7 Å². The van der Waals surface area contributed by atoms with Crippen molar-refractivity contribution in [3.8, 4) is 11.5 Å². The van der Waals surface area contributed by atoms with Crippen LogP contribution >= 0.6 is 0 Å². The lowest BCUT2D eigenvalue weighted by Crippen LogP contribution is -2.28. The number of methoxy groups -OCH3 is 1. The van der Waals surface area contributed by atoms with Crippen LogP contribution in [0, 0.1) is 5.92 Å². The van der Waals surface area contributed by atoms with E-state index in [9.17, 15) is 9.59 Å². The number of nitrogens with one attached hydrogen (secondary N) is 1. The Bertz CT molecular complexity index is 848. The Kier molecular flexibility index (Phi) is 6.19. The van der Waals surface area contributed by atoms with E-state index in [2.05, 4.69) is 12.2 Å². The van der Waals surface area contributed by atoms with E-state index in [4.69, 9.17) is 9.47 Å². The summed E-state index contributed by atoms with van der Waals surface area (Å²) in [7, 11) is 1.56. The van der Waals surface area contributed by atoms with Crippen molar-refractivity contribution in [3.63, 3.8) is 0 Å². The van der Waals surface area contributed by atoms with Crippen molar-refractivity contribution in [1.29, 1.82) is 0 Å². The van der Waals surface area contributed by atoms with Crippen molar-refractivity contribution in [2.24, 2.45) is 5.92 Å². The molecule has 3 rings (SSSR count). The van der Waals surface area contributed by atoms with Crippen LogP contribution in [0.25, 0.3) is 0 Å². The number of rotatable bonds is 7. The lowest BCUT2D eigenvalue weighted by atomic mass is 10.1. The molecule has 0 radical (unpaired) electrons. The summed E-state index contributed by atoms with van der Waals surface area (Å²) in [5.74, 6) is 0.581. The Morgan fingerprint density at radius 3 is 2.54 bits per heavy atom. The molecule has 6 heteroatoms. The number of aryl methyl sites for hydroxylation is 1. The Labute approximate surface area is 165 Å². The maximum absolute atomic E-state index is 12.7. The highest BCUT2D eigenvalue weighted by atomic mass is 16.5. The fraction of sp³-hybridized carbons (Fsp3) is 0.364. The molecule has 1 aliphatic heterocycles. The second-order valence-electron chi connectivity index (χ2n) is 6.71. The van der Waals surface area contributed by atoms with Gasteiger partial charge in [0.1, 0.15) is 0 Å². The number of hydrogen-bond acceptors (Lipinski definition) is 4. The molecule has 0 spiro atoms. The van der Waals surface area contributed by atoms with Crippen LogP contribution in [0.15, 0.2) is 42.5 Å². The van der Waals surface area contributed by atoms with Gasteiger partial charge >= 0.3 is 0 Å². The van der Waals surface area contributed by atoms with E-state index in [1.807, 2.05) is 31.2 Å². The van der Waals surface area contributed by atoms with Crippen LogP contribution in [-0.4, -0.2) is 32.1 Å². The average Bonchev–Trinajstić information content (AvgIpc) is 3.11. The van der Waals surface area contributed by atoms with Crippen LogP contribution in [0.5, 0.6) is 11.5 Å². The monoisotopic (exact) mass is 382 g/mol. The molecule has 0 unspecified atom stereocenters. The summed E-state index contributed by atoms with van der Waals surface area (Å²) in [4.78, 5) is 26.8. The molecule has 0 saturated carbocycles. The zero-order valence-corrected chi connectivity index (χ0v) is 16.5. The molecule has 148 valence electrons. The van der Waals surface area contributed by atoms with Gasteiger partial charge in [0.05, 0.1) is 19.6 Å². The van der Waals surface area contributed by atoms with Gasteiger partial charge in [-0.3, -0.25) is 9.59 Å². The number of ether oxygens (including phenoxy) is 2. The summed E-state index contributed by atoms with van der Waals surface area (Å²) in [6.45, 7) is 4.89. The number of anilines is 2. The quantitative estimate of drug-likeness (QED) is 0.794. The van der Waals surface area contributed by atoms with Crippen molar-refractivity contribution < 1.29 is 19.1 Å². The lowest BCUT2D eigenvalue weighted by molar-refractivity contribution is -0.122. The van der Waals surface area contributed by atoms with Gasteiger partial charge in [0.2, 0.25) is 11.8 Å². The molecule has 1 aliphatic rings. The van der Waals surface area contributed by atoms with Crippen LogP contribution in [-0.2, 0) is 16.0 Å². The van der Waals surface area contributed by atoms with Crippen molar-refractivity contribution in [2.45, 2.75) is 26.7 Å². The van der Waals surface area contributed by atoms with Crippen LogP contribution in [0.3, 0.4) is 0 Å². The first-order valence-corrected chi connectivity index (χ1v) is 9.56. The van der Waals surface area contributed by atoms with Gasteiger partial charge in [-0.05, 0) is 43.2 Å². The third-order valence-corrected chi connectivity index (χ3v) is 4.88. The first-order valence-electron chi connectivity index (χ1n) is 9.56. The number of benzene rings is 2. The molecule has 1 fully saturated rings. The molecule has 0 bridgehead atoms. The fourth-order valence-electron chi connectivity index (χ4n) is 3.31. The fourth-order valence-corrected chi connectivity index (χ4v) is 3.31. The Morgan fingerprint density at radius 2 is 1.89 bits per heavy atom. The van der Waals surface area contributed by atoms with Gasteiger partial charge in [-0.2, -0.15) is 0 Å². The molecule has 2 aromatic carbocycles. The molecule has 1 atom stereocenters. The Hall–Kier alpha value is -3.02. The minimum Gasteiger partial charge on any atom is -0.493 e. The summed E-state index contributed by atoms with van der Waals surface area (Å²) in [5, 5.41) is 2.89. The lowest BCUT2D eigenvalue weighted by Gasteiger charge is -2.17. The normalized spacial score (nSPS) is 16.2. The van der Waals surface area contributed by atoms with Gasteiger partial charge in [0.15, 0.2) is 11.5 Å². The Balaban J connectivity index is 1.67.